The fourth-order valence-electron chi connectivity index (χ4n) is 3.28. The topological polar surface area (TPSA) is 115 Å². The van der Waals surface area contributed by atoms with Crippen molar-refractivity contribution in [3.05, 3.63) is 80.7 Å². The van der Waals surface area contributed by atoms with Crippen LogP contribution in [0.5, 0.6) is 0 Å². The zero-order valence-electron chi connectivity index (χ0n) is 18.0. The van der Waals surface area contributed by atoms with Crippen molar-refractivity contribution in [3.8, 4) is 11.1 Å². The average Bonchev–Trinajstić information content (AvgIpc) is 2.78. The van der Waals surface area contributed by atoms with Crippen molar-refractivity contribution in [1.82, 2.24) is 19.4 Å². The summed E-state index contributed by atoms with van der Waals surface area (Å²) in [5.41, 5.74) is 1.90. The van der Waals surface area contributed by atoms with E-state index in [1.165, 1.54) is 7.11 Å². The van der Waals surface area contributed by atoms with E-state index < -0.39 is 15.6 Å². The first kappa shape index (κ1) is 24.0. The minimum atomic E-state index is -3.28. The molecule has 2 N–H and O–H groups in total. The molecule has 0 radical (unpaired) electrons. The number of halogens is 2. The number of hydrogen-bond acceptors (Lipinski definition) is 7. The maximum absolute atomic E-state index is 13.1. The Labute approximate surface area is 205 Å². The molecule has 0 amide bonds. The highest BCUT2D eigenvalue weighted by atomic mass is 35.5. The summed E-state index contributed by atoms with van der Waals surface area (Å²) in [5.74, 6) is 0.239. The van der Waals surface area contributed by atoms with Gasteiger partial charge in [-0.25, -0.2) is 18.1 Å². The Morgan fingerprint density at radius 3 is 2.38 bits per heavy atom. The zero-order chi connectivity index (χ0) is 24.5. The molecule has 4 aromatic rings. The molecule has 0 aliphatic carbocycles. The minimum absolute atomic E-state index is 0.184. The number of nitrogens with one attached hydrogen (secondary N) is 2. The lowest BCUT2D eigenvalue weighted by Gasteiger charge is -2.13. The van der Waals surface area contributed by atoms with Gasteiger partial charge in [0, 0.05) is 29.4 Å². The van der Waals surface area contributed by atoms with Crippen LogP contribution in [0.3, 0.4) is 0 Å². The van der Waals surface area contributed by atoms with Gasteiger partial charge in [-0.05, 0) is 35.9 Å². The standard InChI is InChI=1S/C22H19Cl2N5O4S/c1-33-29-20-14(10-16(21(29)30)19-17(23)4-3-5-18(19)24)12-25-22(28-20)27-15-8-6-13(7-9-15)11-26-34(2,31)32/h3-10,12,26H,11H2,1-2H3,(H,25,27,28). The number of benzene rings is 2. The lowest BCUT2D eigenvalue weighted by Crippen LogP contribution is -2.27. The number of sulfonamides is 1. The largest absolute Gasteiger partial charge is 0.412 e. The van der Waals surface area contributed by atoms with Crippen LogP contribution < -0.4 is 20.4 Å². The van der Waals surface area contributed by atoms with E-state index in [2.05, 4.69) is 20.0 Å². The van der Waals surface area contributed by atoms with Gasteiger partial charge in [-0.15, -0.1) is 4.73 Å². The van der Waals surface area contributed by atoms with E-state index in [9.17, 15) is 13.2 Å². The molecule has 0 unspecified atom stereocenters. The van der Waals surface area contributed by atoms with Gasteiger partial charge in [-0.2, -0.15) is 4.98 Å². The lowest BCUT2D eigenvalue weighted by atomic mass is 10.1. The molecule has 176 valence electrons. The van der Waals surface area contributed by atoms with Gasteiger partial charge in [-0.3, -0.25) is 4.79 Å². The van der Waals surface area contributed by atoms with Crippen molar-refractivity contribution >= 4 is 55.9 Å². The van der Waals surface area contributed by atoms with Crippen LogP contribution in [0.4, 0.5) is 11.6 Å². The Morgan fingerprint density at radius 2 is 1.76 bits per heavy atom. The zero-order valence-corrected chi connectivity index (χ0v) is 20.4. The van der Waals surface area contributed by atoms with E-state index >= 15 is 0 Å². The highest BCUT2D eigenvalue weighted by molar-refractivity contribution is 7.88. The van der Waals surface area contributed by atoms with Gasteiger partial charge in [0.1, 0.15) is 7.11 Å². The molecule has 2 aromatic heterocycles. The number of anilines is 2. The third-order valence-corrected chi connectivity index (χ3v) is 6.16. The fourth-order valence-corrected chi connectivity index (χ4v) is 4.31. The first-order valence-electron chi connectivity index (χ1n) is 9.88. The summed E-state index contributed by atoms with van der Waals surface area (Å²) in [6, 6.07) is 13.7. The third kappa shape index (κ3) is 5.15. The summed E-state index contributed by atoms with van der Waals surface area (Å²) in [5, 5.41) is 4.27. The van der Waals surface area contributed by atoms with Crippen LogP contribution in [0.25, 0.3) is 22.2 Å². The van der Waals surface area contributed by atoms with Crippen LogP contribution in [0.15, 0.2) is 59.5 Å². The molecular formula is C22H19Cl2N5O4S. The Balaban J connectivity index is 1.67. The van der Waals surface area contributed by atoms with Gasteiger partial charge in [-0.1, -0.05) is 41.4 Å². The first-order chi connectivity index (χ1) is 16.2. The molecule has 0 aliphatic heterocycles. The van der Waals surface area contributed by atoms with Crippen LogP contribution >= 0.6 is 23.2 Å². The fraction of sp³-hybridized carbons (Fsp3) is 0.136. The van der Waals surface area contributed by atoms with Gasteiger partial charge in [0.25, 0.3) is 5.56 Å². The molecular weight excluding hydrogens is 501 g/mol. The van der Waals surface area contributed by atoms with Crippen LogP contribution in [-0.2, 0) is 16.6 Å². The molecule has 34 heavy (non-hydrogen) atoms. The maximum Gasteiger partial charge on any atom is 0.293 e. The Morgan fingerprint density at radius 1 is 1.09 bits per heavy atom. The van der Waals surface area contributed by atoms with Crippen molar-refractivity contribution in [3.63, 3.8) is 0 Å². The molecule has 2 heterocycles. The minimum Gasteiger partial charge on any atom is -0.412 e. The van der Waals surface area contributed by atoms with Crippen LogP contribution in [-0.4, -0.2) is 36.5 Å². The van der Waals surface area contributed by atoms with Gasteiger partial charge < -0.3 is 10.2 Å². The van der Waals surface area contributed by atoms with E-state index in [4.69, 9.17) is 28.0 Å². The maximum atomic E-state index is 13.1. The predicted molar refractivity (Wildman–Crippen MR) is 133 cm³/mol. The summed E-state index contributed by atoms with van der Waals surface area (Å²) >= 11 is 12.6. The lowest BCUT2D eigenvalue weighted by molar-refractivity contribution is 0.168. The van der Waals surface area contributed by atoms with Gasteiger partial charge >= 0.3 is 0 Å². The van der Waals surface area contributed by atoms with Crippen molar-refractivity contribution in [2.45, 2.75) is 6.54 Å². The number of nitrogens with zero attached hydrogens (tertiary/aromatic N) is 3. The first-order valence-corrected chi connectivity index (χ1v) is 12.5. The molecule has 0 bridgehead atoms. The third-order valence-electron chi connectivity index (χ3n) is 4.87. The van der Waals surface area contributed by atoms with E-state index in [1.54, 1.807) is 54.7 Å². The van der Waals surface area contributed by atoms with Gasteiger partial charge in [0.2, 0.25) is 16.0 Å². The predicted octanol–water partition coefficient (Wildman–Crippen LogP) is 3.62. The summed E-state index contributed by atoms with van der Waals surface area (Å²) in [6.07, 6.45) is 2.66. The number of pyridine rings is 1. The van der Waals surface area contributed by atoms with E-state index in [1.807, 2.05) is 0 Å². The molecule has 0 aliphatic rings. The second kappa shape index (κ2) is 9.59. The average molecular weight is 520 g/mol. The number of aromatic nitrogens is 3. The molecule has 2 aromatic carbocycles. The molecule has 0 atom stereocenters. The van der Waals surface area contributed by atoms with Crippen molar-refractivity contribution < 1.29 is 13.3 Å². The molecule has 0 saturated heterocycles. The van der Waals surface area contributed by atoms with Crippen LogP contribution in [0.1, 0.15) is 5.56 Å². The second-order valence-electron chi connectivity index (χ2n) is 7.32. The van der Waals surface area contributed by atoms with E-state index in [0.717, 1.165) is 16.5 Å². The van der Waals surface area contributed by atoms with Gasteiger partial charge in [0.05, 0.1) is 21.9 Å². The molecule has 0 spiro atoms. The number of fused-ring (bicyclic) bond motifs is 1. The molecule has 12 heteroatoms. The van der Waals surface area contributed by atoms with Crippen LogP contribution in [0.2, 0.25) is 10.0 Å². The Kier molecular flexibility index (Phi) is 6.76. The quantitative estimate of drug-likeness (QED) is 0.383. The Hall–Kier alpha value is -3.18. The van der Waals surface area contributed by atoms with E-state index in [0.29, 0.717) is 26.7 Å². The van der Waals surface area contributed by atoms with Crippen molar-refractivity contribution in [1.29, 1.82) is 0 Å². The highest BCUT2D eigenvalue weighted by Gasteiger charge is 2.18. The summed E-state index contributed by atoms with van der Waals surface area (Å²) < 4.78 is 26.0. The summed E-state index contributed by atoms with van der Waals surface area (Å²) in [7, 11) is -1.92. The molecule has 4 rings (SSSR count). The molecule has 0 fully saturated rings. The highest BCUT2D eigenvalue weighted by Crippen LogP contribution is 2.33. The number of rotatable bonds is 7. The SMILES string of the molecule is COn1c(=O)c(-c2c(Cl)cccc2Cl)cc2cnc(Nc3ccc(CNS(C)(=O)=O)cc3)nc21. The van der Waals surface area contributed by atoms with Crippen molar-refractivity contribution in [2.24, 2.45) is 0 Å². The molecule has 0 saturated carbocycles. The summed E-state index contributed by atoms with van der Waals surface area (Å²) in [6.45, 7) is 0.184. The van der Waals surface area contributed by atoms with Gasteiger partial charge in [0.15, 0.2) is 5.65 Å². The van der Waals surface area contributed by atoms with E-state index in [-0.39, 0.29) is 23.7 Å². The number of hydrogen-bond donors (Lipinski definition) is 2. The summed E-state index contributed by atoms with van der Waals surface area (Å²) in [4.78, 5) is 27.2. The Bertz CT molecular complexity index is 1520. The van der Waals surface area contributed by atoms with Crippen molar-refractivity contribution in [2.75, 3.05) is 18.7 Å². The normalized spacial score (nSPS) is 11.5. The smallest absolute Gasteiger partial charge is 0.293 e. The van der Waals surface area contributed by atoms with Crippen LogP contribution in [0, 0.1) is 0 Å². The second-order valence-corrected chi connectivity index (χ2v) is 9.97. The monoisotopic (exact) mass is 519 g/mol. The molecule has 9 nitrogen and oxygen atoms in total.